The number of halogens is 2. The van der Waals surface area contributed by atoms with E-state index in [1.54, 1.807) is 0 Å². The minimum atomic E-state index is -0.302. The largest absolute Gasteiger partial charge is 0.387 e. The van der Waals surface area contributed by atoms with E-state index < -0.39 is 0 Å². The van der Waals surface area contributed by atoms with Gasteiger partial charge in [-0.25, -0.2) is 0 Å². The molecule has 1 heterocycles. The number of thiophene rings is 1. The molecule has 0 radical (unpaired) electrons. The average molecular weight is 322 g/mol. The molecule has 1 nitrogen and oxygen atoms in total. The van der Waals surface area contributed by atoms with Crippen LogP contribution in [-0.4, -0.2) is 5.11 Å². The van der Waals surface area contributed by atoms with Crippen molar-refractivity contribution in [1.82, 2.24) is 0 Å². The van der Waals surface area contributed by atoms with Crippen LogP contribution < -0.4 is 0 Å². The smallest absolute Gasteiger partial charge is 0.107 e. The lowest BCUT2D eigenvalue weighted by atomic mass is 9.84. The van der Waals surface area contributed by atoms with E-state index in [-0.39, 0.29) is 6.10 Å². The summed E-state index contributed by atoms with van der Waals surface area (Å²) in [6, 6.07) is 1.98. The second-order valence-electron chi connectivity index (χ2n) is 5.05. The molecule has 4 heteroatoms. The second kappa shape index (κ2) is 4.27. The molecule has 1 aromatic heterocycles. The summed E-state index contributed by atoms with van der Waals surface area (Å²) in [7, 11) is 0. The van der Waals surface area contributed by atoms with Gasteiger partial charge in [-0.05, 0) is 59.0 Å². The van der Waals surface area contributed by atoms with E-state index in [4.69, 9.17) is 11.6 Å². The predicted molar refractivity (Wildman–Crippen MR) is 70.9 cm³/mol. The molecule has 0 aromatic carbocycles. The van der Waals surface area contributed by atoms with Crippen molar-refractivity contribution in [2.75, 3.05) is 0 Å². The van der Waals surface area contributed by atoms with Crippen LogP contribution in [-0.2, 0) is 0 Å². The molecule has 0 saturated heterocycles. The molecule has 0 spiro atoms. The van der Waals surface area contributed by atoms with Crippen molar-refractivity contribution in [3.8, 4) is 0 Å². The molecule has 0 aliphatic heterocycles. The summed E-state index contributed by atoms with van der Waals surface area (Å²) in [6.45, 7) is 0. The number of hydrogen-bond donors (Lipinski definition) is 1. The van der Waals surface area contributed by atoms with Gasteiger partial charge in [-0.1, -0.05) is 18.0 Å². The maximum atomic E-state index is 10.4. The van der Waals surface area contributed by atoms with Crippen LogP contribution in [0.4, 0.5) is 0 Å². The van der Waals surface area contributed by atoms with Crippen LogP contribution in [0.25, 0.3) is 0 Å². The summed E-state index contributed by atoms with van der Waals surface area (Å²) >= 11 is 10.9. The molecule has 16 heavy (non-hydrogen) atoms. The molecular formula is C12H14BrClOS. The van der Waals surface area contributed by atoms with E-state index in [9.17, 15) is 5.11 Å². The molecule has 3 rings (SSSR count). The van der Waals surface area contributed by atoms with Crippen LogP contribution in [0.2, 0.25) is 4.34 Å². The SMILES string of the molecule is OC(c1cc(Br)c(Cl)s1)C1CC2CCC1C2. The highest BCUT2D eigenvalue weighted by Gasteiger charge is 2.43. The quantitative estimate of drug-likeness (QED) is 0.841. The zero-order valence-electron chi connectivity index (χ0n) is 8.83. The molecule has 88 valence electrons. The van der Waals surface area contributed by atoms with Crippen molar-refractivity contribution in [1.29, 1.82) is 0 Å². The fourth-order valence-corrected chi connectivity index (χ4v) is 5.20. The summed E-state index contributed by atoms with van der Waals surface area (Å²) < 4.78 is 1.66. The Kier molecular flexibility index (Phi) is 3.07. The molecule has 2 aliphatic rings. The predicted octanol–water partition coefficient (Wildman–Crippen LogP) is 4.63. The Labute approximate surface area is 113 Å². The number of fused-ring (bicyclic) bond motifs is 2. The van der Waals surface area contributed by atoms with E-state index in [0.29, 0.717) is 5.92 Å². The first-order valence-electron chi connectivity index (χ1n) is 5.78. The Balaban J connectivity index is 1.80. The van der Waals surface area contributed by atoms with Crippen LogP contribution in [0.15, 0.2) is 10.5 Å². The molecule has 0 amide bonds. The lowest BCUT2D eigenvalue weighted by Crippen LogP contribution is -2.18. The van der Waals surface area contributed by atoms with Gasteiger partial charge in [0.05, 0.1) is 6.10 Å². The van der Waals surface area contributed by atoms with Crippen LogP contribution >= 0.6 is 38.9 Å². The minimum absolute atomic E-state index is 0.302. The summed E-state index contributed by atoms with van der Waals surface area (Å²) in [4.78, 5) is 1.02. The van der Waals surface area contributed by atoms with Crippen LogP contribution in [0.1, 0.15) is 36.7 Å². The highest BCUT2D eigenvalue weighted by molar-refractivity contribution is 9.10. The molecule has 2 fully saturated rings. The number of aliphatic hydroxyl groups is 1. The minimum Gasteiger partial charge on any atom is -0.387 e. The summed E-state index contributed by atoms with van der Waals surface area (Å²) in [5.74, 6) is 2.10. The number of hydrogen-bond acceptors (Lipinski definition) is 2. The van der Waals surface area contributed by atoms with Gasteiger partial charge in [0.1, 0.15) is 4.34 Å². The zero-order valence-corrected chi connectivity index (χ0v) is 12.0. The van der Waals surface area contributed by atoms with E-state index in [1.807, 2.05) is 6.07 Å². The van der Waals surface area contributed by atoms with Gasteiger partial charge in [0.2, 0.25) is 0 Å². The van der Waals surface area contributed by atoms with Gasteiger partial charge in [-0.3, -0.25) is 0 Å². The first-order chi connectivity index (χ1) is 7.65. The van der Waals surface area contributed by atoms with Crippen molar-refractivity contribution in [2.24, 2.45) is 17.8 Å². The van der Waals surface area contributed by atoms with Crippen molar-refractivity contribution in [3.05, 3.63) is 19.8 Å². The van der Waals surface area contributed by atoms with E-state index >= 15 is 0 Å². The summed E-state index contributed by atoms with van der Waals surface area (Å²) in [5.41, 5.74) is 0. The average Bonchev–Trinajstić information content (AvgIpc) is 2.94. The normalized spacial score (nSPS) is 34.6. The lowest BCUT2D eigenvalue weighted by Gasteiger charge is -2.25. The van der Waals surface area contributed by atoms with E-state index in [1.165, 1.54) is 37.0 Å². The first-order valence-corrected chi connectivity index (χ1v) is 7.76. The Hall–Kier alpha value is 0.430. The highest BCUT2D eigenvalue weighted by atomic mass is 79.9. The summed E-state index contributed by atoms with van der Waals surface area (Å²) in [6.07, 6.45) is 4.93. The number of aliphatic hydroxyl groups excluding tert-OH is 1. The standard InChI is InChI=1S/C12H14BrClOS/c13-9-5-10(16-12(9)14)11(15)8-4-6-1-2-7(8)3-6/h5-8,11,15H,1-4H2. The van der Waals surface area contributed by atoms with Gasteiger partial charge < -0.3 is 5.11 Å². The maximum Gasteiger partial charge on any atom is 0.107 e. The van der Waals surface area contributed by atoms with E-state index in [0.717, 1.165) is 25.5 Å². The fraction of sp³-hybridized carbons (Fsp3) is 0.667. The molecule has 1 aromatic rings. The van der Waals surface area contributed by atoms with Crippen molar-refractivity contribution in [2.45, 2.75) is 31.8 Å². The Morgan fingerprint density at radius 1 is 1.44 bits per heavy atom. The Morgan fingerprint density at radius 3 is 2.75 bits per heavy atom. The van der Waals surface area contributed by atoms with Crippen molar-refractivity contribution < 1.29 is 5.11 Å². The fourth-order valence-electron chi connectivity index (χ4n) is 3.40. The van der Waals surface area contributed by atoms with Crippen LogP contribution in [0.5, 0.6) is 0 Å². The molecule has 2 aliphatic carbocycles. The van der Waals surface area contributed by atoms with E-state index in [2.05, 4.69) is 15.9 Å². The molecule has 4 atom stereocenters. The second-order valence-corrected chi connectivity index (χ2v) is 7.59. The maximum absolute atomic E-state index is 10.4. The Morgan fingerprint density at radius 2 is 2.25 bits per heavy atom. The molecule has 4 unspecified atom stereocenters. The van der Waals surface area contributed by atoms with Gasteiger partial charge in [0, 0.05) is 9.35 Å². The third-order valence-electron chi connectivity index (χ3n) is 4.15. The zero-order chi connectivity index (χ0) is 11.3. The van der Waals surface area contributed by atoms with Crippen molar-refractivity contribution in [3.63, 3.8) is 0 Å². The van der Waals surface area contributed by atoms with Gasteiger partial charge in [-0.15, -0.1) is 11.3 Å². The van der Waals surface area contributed by atoms with Gasteiger partial charge in [0.15, 0.2) is 0 Å². The lowest BCUT2D eigenvalue weighted by molar-refractivity contribution is 0.0774. The molecule has 2 saturated carbocycles. The van der Waals surface area contributed by atoms with Crippen molar-refractivity contribution >= 4 is 38.9 Å². The third kappa shape index (κ3) is 1.86. The molecule has 1 N–H and O–H groups in total. The van der Waals surface area contributed by atoms with Gasteiger partial charge in [-0.2, -0.15) is 0 Å². The first kappa shape index (κ1) is 11.5. The van der Waals surface area contributed by atoms with Gasteiger partial charge >= 0.3 is 0 Å². The molecule has 2 bridgehead atoms. The number of rotatable bonds is 2. The topological polar surface area (TPSA) is 20.2 Å². The van der Waals surface area contributed by atoms with Gasteiger partial charge in [0.25, 0.3) is 0 Å². The summed E-state index contributed by atoms with van der Waals surface area (Å²) in [5, 5.41) is 10.4. The monoisotopic (exact) mass is 320 g/mol. The van der Waals surface area contributed by atoms with Crippen LogP contribution in [0.3, 0.4) is 0 Å². The van der Waals surface area contributed by atoms with Crippen LogP contribution in [0, 0.1) is 17.8 Å². The Bertz CT molecular complexity index is 386. The molecular weight excluding hydrogens is 308 g/mol. The third-order valence-corrected chi connectivity index (χ3v) is 6.70. The highest BCUT2D eigenvalue weighted by Crippen LogP contribution is 2.53.